The topological polar surface area (TPSA) is 49.9 Å². The van der Waals surface area contributed by atoms with Gasteiger partial charge in [-0.15, -0.1) is 0 Å². The van der Waals surface area contributed by atoms with E-state index >= 15 is 0 Å². The number of nitrogens with zero attached hydrogens (tertiary/aromatic N) is 2. The van der Waals surface area contributed by atoms with Gasteiger partial charge in [0, 0.05) is 37.6 Å². The highest BCUT2D eigenvalue weighted by Crippen LogP contribution is 2.28. The van der Waals surface area contributed by atoms with Crippen LogP contribution in [0.4, 0.5) is 0 Å². The zero-order chi connectivity index (χ0) is 18.4. The van der Waals surface area contributed by atoms with Gasteiger partial charge in [0.05, 0.1) is 12.7 Å². The fourth-order valence-corrected chi connectivity index (χ4v) is 3.18. The van der Waals surface area contributed by atoms with Crippen molar-refractivity contribution < 1.29 is 14.3 Å². The van der Waals surface area contributed by atoms with Crippen molar-refractivity contribution in [2.75, 3.05) is 33.3 Å². The van der Waals surface area contributed by atoms with E-state index in [9.17, 15) is 9.59 Å². The highest BCUT2D eigenvalue weighted by Gasteiger charge is 2.25. The van der Waals surface area contributed by atoms with E-state index in [0.717, 1.165) is 24.8 Å². The number of hydrogen-bond donors (Lipinski definition) is 0. The Morgan fingerprint density at radius 3 is 2.52 bits per heavy atom. The maximum atomic E-state index is 12.9. The lowest BCUT2D eigenvalue weighted by atomic mass is 10.1. The molecule has 0 atom stereocenters. The summed E-state index contributed by atoms with van der Waals surface area (Å²) in [6.07, 6.45) is 3.30. The summed E-state index contributed by atoms with van der Waals surface area (Å²) in [5.74, 6) is 0.626. The average Bonchev–Trinajstić information content (AvgIpc) is 2.87. The van der Waals surface area contributed by atoms with Crippen LogP contribution in [0.3, 0.4) is 0 Å². The first-order chi connectivity index (χ1) is 12.0. The summed E-state index contributed by atoms with van der Waals surface area (Å²) >= 11 is 6.19. The Labute approximate surface area is 154 Å². The summed E-state index contributed by atoms with van der Waals surface area (Å²) in [6.45, 7) is 6.41. The number of halogens is 1. The first-order valence-electron chi connectivity index (χ1n) is 8.89. The van der Waals surface area contributed by atoms with Crippen molar-refractivity contribution in [1.29, 1.82) is 0 Å². The molecular formula is C19H27ClN2O3. The lowest BCUT2D eigenvalue weighted by Crippen LogP contribution is -2.37. The predicted octanol–water partition coefficient (Wildman–Crippen LogP) is 3.52. The maximum Gasteiger partial charge on any atom is 0.257 e. The number of unbranched alkanes of at least 4 members (excludes halogenated alkanes) is 1. The quantitative estimate of drug-likeness (QED) is 0.801. The molecular weight excluding hydrogens is 340 g/mol. The molecule has 0 spiro atoms. The summed E-state index contributed by atoms with van der Waals surface area (Å²) in [5, 5.41) is 0.551. The molecule has 1 aliphatic rings. The second-order valence-electron chi connectivity index (χ2n) is 6.43. The molecule has 2 rings (SSSR count). The van der Waals surface area contributed by atoms with Crippen molar-refractivity contribution in [1.82, 2.24) is 9.80 Å². The third kappa shape index (κ3) is 4.88. The van der Waals surface area contributed by atoms with Crippen LogP contribution < -0.4 is 4.74 Å². The molecule has 0 N–H and O–H groups in total. The smallest absolute Gasteiger partial charge is 0.257 e. The van der Waals surface area contributed by atoms with Crippen LogP contribution in [0.5, 0.6) is 5.75 Å². The minimum Gasteiger partial charge on any atom is -0.496 e. The number of amides is 2. The zero-order valence-electron chi connectivity index (χ0n) is 15.3. The van der Waals surface area contributed by atoms with Crippen LogP contribution in [-0.2, 0) is 4.79 Å². The minimum atomic E-state index is -0.0957. The molecule has 1 heterocycles. The number of carbonyl (C=O) groups is 2. The Morgan fingerprint density at radius 1 is 1.16 bits per heavy atom. The molecule has 0 radical (unpaired) electrons. The van der Waals surface area contributed by atoms with E-state index in [1.165, 1.54) is 0 Å². The molecule has 1 aromatic carbocycles. The van der Waals surface area contributed by atoms with Crippen molar-refractivity contribution in [2.24, 2.45) is 0 Å². The lowest BCUT2D eigenvalue weighted by Gasteiger charge is -2.23. The SMILES string of the molecule is CCCCC(=O)N1CCCN(C(=O)c2cc(Cl)c(C)cc2OC)CC1. The molecule has 0 unspecified atom stereocenters. The second kappa shape index (κ2) is 9.09. The number of carbonyl (C=O) groups excluding carboxylic acids is 2. The van der Waals surface area contributed by atoms with Crippen LogP contribution >= 0.6 is 11.6 Å². The first kappa shape index (κ1) is 19.6. The zero-order valence-corrected chi connectivity index (χ0v) is 16.1. The van der Waals surface area contributed by atoms with Crippen LogP contribution in [0.1, 0.15) is 48.5 Å². The average molecular weight is 367 g/mol. The summed E-state index contributed by atoms with van der Waals surface area (Å²) in [4.78, 5) is 28.8. The molecule has 1 saturated heterocycles. The minimum absolute atomic E-state index is 0.0957. The van der Waals surface area contributed by atoms with Gasteiger partial charge in [-0.25, -0.2) is 0 Å². The standard InChI is InChI=1S/C19H27ClN2O3/c1-4-5-7-18(23)21-8-6-9-22(11-10-21)19(24)15-13-16(20)14(2)12-17(15)25-3/h12-13H,4-11H2,1-3H3. The molecule has 6 heteroatoms. The van der Waals surface area contributed by atoms with Gasteiger partial charge in [-0.05, 0) is 37.5 Å². The Morgan fingerprint density at radius 2 is 1.84 bits per heavy atom. The third-order valence-corrected chi connectivity index (χ3v) is 5.00. The molecule has 1 aliphatic heterocycles. The Bertz CT molecular complexity index is 633. The van der Waals surface area contributed by atoms with E-state index in [1.807, 2.05) is 11.8 Å². The van der Waals surface area contributed by atoms with Crippen molar-refractivity contribution in [2.45, 2.75) is 39.5 Å². The van der Waals surface area contributed by atoms with Gasteiger partial charge < -0.3 is 14.5 Å². The number of aryl methyl sites for hydroxylation is 1. The molecule has 2 amide bonds. The number of benzene rings is 1. The molecule has 5 nitrogen and oxygen atoms in total. The van der Waals surface area contributed by atoms with Crippen LogP contribution in [-0.4, -0.2) is 54.9 Å². The summed E-state index contributed by atoms with van der Waals surface area (Å²) in [5.41, 5.74) is 1.35. The molecule has 1 aromatic rings. The highest BCUT2D eigenvalue weighted by molar-refractivity contribution is 6.31. The molecule has 138 valence electrons. The lowest BCUT2D eigenvalue weighted by molar-refractivity contribution is -0.131. The normalized spacial score (nSPS) is 15.0. The molecule has 0 bridgehead atoms. The third-order valence-electron chi connectivity index (χ3n) is 4.59. The highest BCUT2D eigenvalue weighted by atomic mass is 35.5. The van der Waals surface area contributed by atoms with Gasteiger partial charge in [0.15, 0.2) is 0 Å². The molecule has 0 aromatic heterocycles. The van der Waals surface area contributed by atoms with Gasteiger partial charge in [0.1, 0.15) is 5.75 Å². The van der Waals surface area contributed by atoms with E-state index in [2.05, 4.69) is 6.92 Å². The van der Waals surface area contributed by atoms with E-state index in [0.29, 0.717) is 48.9 Å². The van der Waals surface area contributed by atoms with E-state index in [-0.39, 0.29) is 11.8 Å². The van der Waals surface area contributed by atoms with Crippen LogP contribution in [0.25, 0.3) is 0 Å². The van der Waals surface area contributed by atoms with Gasteiger partial charge in [-0.2, -0.15) is 0 Å². The van der Waals surface area contributed by atoms with Gasteiger partial charge in [-0.1, -0.05) is 24.9 Å². The second-order valence-corrected chi connectivity index (χ2v) is 6.84. The van der Waals surface area contributed by atoms with Crippen LogP contribution in [0.15, 0.2) is 12.1 Å². The monoisotopic (exact) mass is 366 g/mol. The summed E-state index contributed by atoms with van der Waals surface area (Å²) in [7, 11) is 1.55. The Hall–Kier alpha value is -1.75. The van der Waals surface area contributed by atoms with Gasteiger partial charge >= 0.3 is 0 Å². The Kier molecular flexibility index (Phi) is 7.12. The molecule has 0 aliphatic carbocycles. The van der Waals surface area contributed by atoms with Crippen molar-refractivity contribution >= 4 is 23.4 Å². The van der Waals surface area contributed by atoms with Gasteiger partial charge in [0.2, 0.25) is 5.91 Å². The van der Waals surface area contributed by atoms with Gasteiger partial charge in [0.25, 0.3) is 5.91 Å². The number of methoxy groups -OCH3 is 1. The molecule has 1 fully saturated rings. The largest absolute Gasteiger partial charge is 0.496 e. The Balaban J connectivity index is 2.08. The van der Waals surface area contributed by atoms with E-state index in [1.54, 1.807) is 24.1 Å². The van der Waals surface area contributed by atoms with Crippen molar-refractivity contribution in [3.8, 4) is 5.75 Å². The molecule has 25 heavy (non-hydrogen) atoms. The predicted molar refractivity (Wildman–Crippen MR) is 99.4 cm³/mol. The summed E-state index contributed by atoms with van der Waals surface area (Å²) in [6, 6.07) is 3.46. The molecule has 0 saturated carbocycles. The van der Waals surface area contributed by atoms with E-state index in [4.69, 9.17) is 16.3 Å². The van der Waals surface area contributed by atoms with Crippen LogP contribution in [0, 0.1) is 6.92 Å². The summed E-state index contributed by atoms with van der Waals surface area (Å²) < 4.78 is 5.36. The van der Waals surface area contributed by atoms with Gasteiger partial charge in [-0.3, -0.25) is 9.59 Å². The van der Waals surface area contributed by atoms with Crippen LogP contribution in [0.2, 0.25) is 5.02 Å². The first-order valence-corrected chi connectivity index (χ1v) is 9.27. The maximum absolute atomic E-state index is 12.9. The number of rotatable bonds is 5. The van der Waals surface area contributed by atoms with Crippen molar-refractivity contribution in [3.63, 3.8) is 0 Å². The number of hydrogen-bond acceptors (Lipinski definition) is 3. The fourth-order valence-electron chi connectivity index (χ4n) is 3.02. The fraction of sp³-hybridized carbons (Fsp3) is 0.579. The van der Waals surface area contributed by atoms with Crippen molar-refractivity contribution in [3.05, 3.63) is 28.3 Å². The van der Waals surface area contributed by atoms with E-state index < -0.39 is 0 Å². The number of ether oxygens (including phenoxy) is 1.